The summed E-state index contributed by atoms with van der Waals surface area (Å²) in [6, 6.07) is 0. The van der Waals surface area contributed by atoms with Crippen LogP contribution in [0.15, 0.2) is 122 Å². The average Bonchev–Trinajstić information content (AvgIpc) is 3.16. The third kappa shape index (κ3) is 41.3. The normalized spacial score (nSPS) is 14.4. The Balaban J connectivity index is 3.71. The van der Waals surface area contributed by atoms with Gasteiger partial charge < -0.3 is 33.7 Å². The Morgan fingerprint density at radius 1 is 0.554 bits per heavy atom. The van der Waals surface area contributed by atoms with Crippen LogP contribution in [0.3, 0.4) is 0 Å². The molecule has 8 heteroatoms. The molecule has 2 unspecified atom stereocenters. The highest BCUT2D eigenvalue weighted by Crippen LogP contribution is 2.08. The fraction of sp³-hybridized carbons (Fsp3) is 0.542. The van der Waals surface area contributed by atoms with Crippen molar-refractivity contribution in [1.82, 2.24) is 0 Å². The maximum absolute atomic E-state index is 12.0. The van der Waals surface area contributed by atoms with Crippen LogP contribution in [0, 0.1) is 0 Å². The molecule has 0 aliphatic heterocycles. The van der Waals surface area contributed by atoms with Crippen LogP contribution in [0.5, 0.6) is 0 Å². The largest absolute Gasteiger partial charge is 0.545 e. The fourth-order valence-electron chi connectivity index (χ4n) is 4.73. The number of aliphatic carboxylic acids is 1. The van der Waals surface area contributed by atoms with E-state index in [2.05, 4.69) is 128 Å². The monoisotopic (exact) mass is 778 g/mol. The molecule has 0 radical (unpaired) electrons. The van der Waals surface area contributed by atoms with Gasteiger partial charge in [-0.1, -0.05) is 141 Å². The number of aliphatic hydroxyl groups is 1. The van der Waals surface area contributed by atoms with Crippen molar-refractivity contribution in [1.29, 1.82) is 0 Å². The van der Waals surface area contributed by atoms with Crippen LogP contribution in [-0.2, 0) is 23.8 Å². The third-order valence-electron chi connectivity index (χ3n) is 7.95. The fourth-order valence-corrected chi connectivity index (χ4v) is 4.73. The zero-order chi connectivity index (χ0) is 41.2. The molecule has 0 amide bonds. The van der Waals surface area contributed by atoms with E-state index in [1.54, 1.807) is 0 Å². The lowest BCUT2D eigenvalue weighted by atomic mass is 10.1. The van der Waals surface area contributed by atoms with Crippen LogP contribution in [0.2, 0.25) is 0 Å². The van der Waals surface area contributed by atoms with Gasteiger partial charge in [0.2, 0.25) is 0 Å². The number of allylic oxidation sites excluding steroid dienone is 20. The molecule has 0 rings (SSSR count). The number of esters is 1. The van der Waals surface area contributed by atoms with Crippen LogP contribution < -0.4 is 5.11 Å². The number of carboxylic acid groups (broad SMARTS) is 1. The lowest BCUT2D eigenvalue weighted by Crippen LogP contribution is -2.44. The first kappa shape index (κ1) is 52.2. The van der Waals surface area contributed by atoms with Gasteiger partial charge in [0.05, 0.1) is 40.3 Å². The molecule has 0 bridgehead atoms. The number of unbranched alkanes of at least 4 members (excludes halogenated alkanes) is 4. The molecular weight excluding hydrogens is 703 g/mol. The van der Waals surface area contributed by atoms with Gasteiger partial charge in [0.15, 0.2) is 6.29 Å². The zero-order valence-corrected chi connectivity index (χ0v) is 35.2. The van der Waals surface area contributed by atoms with Crippen molar-refractivity contribution in [3.63, 3.8) is 0 Å². The average molecular weight is 778 g/mol. The predicted molar refractivity (Wildman–Crippen MR) is 232 cm³/mol. The minimum atomic E-state index is -1.59. The summed E-state index contributed by atoms with van der Waals surface area (Å²) in [5.41, 5.74) is 0. The summed E-state index contributed by atoms with van der Waals surface area (Å²) in [5, 5.41) is 21.2. The maximum atomic E-state index is 12.0. The van der Waals surface area contributed by atoms with Crippen molar-refractivity contribution in [3.8, 4) is 0 Å². The Morgan fingerprint density at radius 2 is 0.946 bits per heavy atom. The number of carbonyl (C=O) groups is 2. The van der Waals surface area contributed by atoms with Crippen molar-refractivity contribution < 1.29 is 38.5 Å². The van der Waals surface area contributed by atoms with Gasteiger partial charge in [-0.05, 0) is 83.5 Å². The van der Waals surface area contributed by atoms with Crippen molar-refractivity contribution in [2.45, 2.75) is 122 Å². The number of carboxylic acids is 1. The van der Waals surface area contributed by atoms with E-state index in [1.807, 2.05) is 21.1 Å². The number of aliphatic hydroxyl groups excluding tert-OH is 1. The maximum Gasteiger partial charge on any atom is 0.305 e. The Morgan fingerprint density at radius 3 is 1.34 bits per heavy atom. The Kier molecular flexibility index (Phi) is 36.7. The first-order valence-electron chi connectivity index (χ1n) is 20.7. The number of ether oxygens (including phenoxy) is 3. The van der Waals surface area contributed by atoms with Gasteiger partial charge in [-0.2, -0.15) is 0 Å². The molecule has 56 heavy (non-hydrogen) atoms. The molecule has 8 nitrogen and oxygen atoms in total. The molecule has 0 spiro atoms. The van der Waals surface area contributed by atoms with Crippen molar-refractivity contribution in [2.75, 3.05) is 47.5 Å². The number of carbonyl (C=O) groups excluding carboxylic acids is 2. The highest BCUT2D eigenvalue weighted by molar-refractivity contribution is 5.69. The summed E-state index contributed by atoms with van der Waals surface area (Å²) in [6.07, 6.45) is 56.5. The summed E-state index contributed by atoms with van der Waals surface area (Å²) in [5.74, 6) is -1.91. The lowest BCUT2D eigenvalue weighted by Gasteiger charge is -2.26. The van der Waals surface area contributed by atoms with Crippen LogP contribution in [-0.4, -0.2) is 81.4 Å². The predicted octanol–water partition coefficient (Wildman–Crippen LogP) is 9.53. The Hall–Kier alpha value is -3.82. The number of nitrogens with zero attached hydrogens (tertiary/aromatic N) is 1. The number of hydrogen-bond acceptors (Lipinski definition) is 7. The molecule has 314 valence electrons. The molecule has 0 aliphatic carbocycles. The molecule has 1 N–H and O–H groups in total. The Labute approximate surface area is 340 Å². The van der Waals surface area contributed by atoms with Crippen molar-refractivity contribution in [3.05, 3.63) is 122 Å². The van der Waals surface area contributed by atoms with Crippen LogP contribution in [0.4, 0.5) is 0 Å². The van der Waals surface area contributed by atoms with E-state index in [-0.39, 0.29) is 26.2 Å². The molecule has 2 atom stereocenters. The van der Waals surface area contributed by atoms with Crippen molar-refractivity contribution >= 4 is 11.9 Å². The SMILES string of the molecule is CC/C=C\C/C=C\C/C=C\C/C=C\C/C=C\C/C=C\C/C=C\C/C=C\C/C=C\C/C=C\CCCCCCC(=O)OCC(O)COC(OCC[N+](C)(C)C)C(=O)[O-]. The van der Waals surface area contributed by atoms with Gasteiger partial charge in [0.25, 0.3) is 0 Å². The highest BCUT2D eigenvalue weighted by atomic mass is 16.7. The highest BCUT2D eigenvalue weighted by Gasteiger charge is 2.17. The molecule has 0 saturated heterocycles. The summed E-state index contributed by atoms with van der Waals surface area (Å²) < 4.78 is 16.0. The number of rotatable bonds is 36. The van der Waals surface area contributed by atoms with Crippen LogP contribution >= 0.6 is 0 Å². The first-order chi connectivity index (χ1) is 27.2. The number of quaternary nitrogens is 1. The number of hydrogen-bond donors (Lipinski definition) is 1. The minimum Gasteiger partial charge on any atom is -0.545 e. The molecule has 0 fully saturated rings. The summed E-state index contributed by atoms with van der Waals surface area (Å²) >= 11 is 0. The quantitative estimate of drug-likeness (QED) is 0.0222. The van der Waals surface area contributed by atoms with E-state index < -0.39 is 24.3 Å². The van der Waals surface area contributed by atoms with Gasteiger partial charge in [-0.15, -0.1) is 0 Å². The topological polar surface area (TPSA) is 105 Å². The second-order valence-electron chi connectivity index (χ2n) is 14.4. The van der Waals surface area contributed by atoms with E-state index in [1.165, 1.54) is 0 Å². The van der Waals surface area contributed by atoms with Gasteiger partial charge in [-0.25, -0.2) is 0 Å². The smallest absolute Gasteiger partial charge is 0.305 e. The van der Waals surface area contributed by atoms with E-state index in [4.69, 9.17) is 14.2 Å². The molecular formula is C48H75NO7. The van der Waals surface area contributed by atoms with E-state index in [0.29, 0.717) is 11.0 Å². The lowest BCUT2D eigenvalue weighted by molar-refractivity contribution is -0.870. The molecule has 0 aromatic heterocycles. The van der Waals surface area contributed by atoms with E-state index in [0.717, 1.165) is 96.3 Å². The minimum absolute atomic E-state index is 0.159. The van der Waals surface area contributed by atoms with Gasteiger partial charge >= 0.3 is 5.97 Å². The second-order valence-corrected chi connectivity index (χ2v) is 14.4. The van der Waals surface area contributed by atoms with Gasteiger partial charge in [0, 0.05) is 6.42 Å². The van der Waals surface area contributed by atoms with Crippen molar-refractivity contribution in [2.24, 2.45) is 0 Å². The third-order valence-corrected chi connectivity index (χ3v) is 7.95. The standard InChI is InChI=1S/C48H75NO7/c1-5-6-7-8-9-10-11-12-13-14-15-16-17-18-19-20-21-22-23-24-25-26-27-28-29-30-31-32-33-34-35-36-37-38-39-40-46(51)55-43-45(50)44-56-48(47(52)53)54-42-41-49(2,3)4/h6-7,9-10,12-13,15-16,18-19,21-22,24-25,27-28,30-31,33-34,45,48,50H,5,8,11,14,17,20,23,26,29,32,35-44H2,1-4H3/b7-6-,10-9-,13-12-,16-15-,19-18-,22-21-,25-24-,28-27-,31-30-,34-33-. The molecule has 0 heterocycles. The van der Waals surface area contributed by atoms with E-state index >= 15 is 0 Å². The van der Waals surface area contributed by atoms with Crippen LogP contribution in [0.25, 0.3) is 0 Å². The Bertz CT molecular complexity index is 1260. The summed E-state index contributed by atoms with van der Waals surface area (Å²) in [4.78, 5) is 23.2. The molecule has 0 saturated carbocycles. The zero-order valence-electron chi connectivity index (χ0n) is 35.2. The molecule has 0 aromatic rings. The van der Waals surface area contributed by atoms with Gasteiger partial charge in [-0.3, -0.25) is 4.79 Å². The van der Waals surface area contributed by atoms with Crippen LogP contribution in [0.1, 0.15) is 110 Å². The summed E-state index contributed by atoms with van der Waals surface area (Å²) in [6.45, 7) is 2.28. The number of likely N-dealkylation sites (N-methyl/N-ethyl adjacent to an activating group) is 1. The van der Waals surface area contributed by atoms with E-state index in [9.17, 15) is 19.8 Å². The molecule has 0 aromatic carbocycles. The summed E-state index contributed by atoms with van der Waals surface area (Å²) in [7, 11) is 5.85. The van der Waals surface area contributed by atoms with Gasteiger partial charge in [0.1, 0.15) is 19.3 Å². The molecule has 0 aliphatic rings. The second kappa shape index (κ2) is 39.4. The first-order valence-corrected chi connectivity index (χ1v) is 20.7.